The second-order valence-corrected chi connectivity index (χ2v) is 4.09. The van der Waals surface area contributed by atoms with Gasteiger partial charge in [-0.05, 0) is 33.9 Å². The second kappa shape index (κ2) is 3.05. The summed E-state index contributed by atoms with van der Waals surface area (Å²) in [4.78, 5) is 13.0. The number of carboxylic acid groups (broad SMARTS) is 1. The van der Waals surface area contributed by atoms with Crippen LogP contribution < -0.4 is 0 Å². The van der Waals surface area contributed by atoms with Gasteiger partial charge in [0.05, 0.1) is 5.41 Å². The molecule has 3 heteroatoms. The van der Waals surface area contributed by atoms with Gasteiger partial charge in [-0.25, -0.2) is 0 Å². The minimum Gasteiger partial charge on any atom is -0.481 e. The van der Waals surface area contributed by atoms with Gasteiger partial charge in [-0.1, -0.05) is 6.42 Å². The van der Waals surface area contributed by atoms with Gasteiger partial charge in [0.1, 0.15) is 0 Å². The monoisotopic (exact) mass is 171 g/mol. The molecular weight excluding hydrogens is 154 g/mol. The van der Waals surface area contributed by atoms with Crippen molar-refractivity contribution in [3.63, 3.8) is 0 Å². The molecule has 1 aliphatic rings. The van der Waals surface area contributed by atoms with E-state index in [1.165, 1.54) is 0 Å². The van der Waals surface area contributed by atoms with Gasteiger partial charge in [0.25, 0.3) is 0 Å². The van der Waals surface area contributed by atoms with Gasteiger partial charge in [0.2, 0.25) is 0 Å². The minimum atomic E-state index is -0.654. The van der Waals surface area contributed by atoms with E-state index in [9.17, 15) is 4.79 Å². The number of carboxylic acids is 1. The van der Waals surface area contributed by atoms with Gasteiger partial charge in [-0.3, -0.25) is 4.79 Å². The molecule has 2 unspecified atom stereocenters. The molecular formula is C9H17NO2. The van der Waals surface area contributed by atoms with Crippen LogP contribution in [0, 0.1) is 5.41 Å². The molecule has 0 amide bonds. The molecule has 70 valence electrons. The Hall–Kier alpha value is -0.570. The highest BCUT2D eigenvalue weighted by atomic mass is 16.4. The Morgan fingerprint density at radius 1 is 1.58 bits per heavy atom. The van der Waals surface area contributed by atoms with E-state index in [0.717, 1.165) is 19.3 Å². The van der Waals surface area contributed by atoms with Crippen LogP contribution in [0.15, 0.2) is 0 Å². The van der Waals surface area contributed by atoms with Crippen LogP contribution >= 0.6 is 0 Å². The molecule has 0 aromatic heterocycles. The molecule has 0 saturated heterocycles. The number of aliphatic carboxylic acids is 1. The molecule has 1 aliphatic carbocycles. The Balaban J connectivity index is 2.81. The van der Waals surface area contributed by atoms with Gasteiger partial charge in [0, 0.05) is 6.04 Å². The Morgan fingerprint density at radius 3 is 2.50 bits per heavy atom. The van der Waals surface area contributed by atoms with Crippen LogP contribution in [-0.4, -0.2) is 36.1 Å². The SMILES string of the molecule is CN(C)C1CCCC1(C)C(=O)O. The van der Waals surface area contributed by atoms with Crippen LogP contribution in [0.1, 0.15) is 26.2 Å². The molecule has 0 spiro atoms. The average Bonchev–Trinajstić information content (AvgIpc) is 2.32. The molecule has 12 heavy (non-hydrogen) atoms. The van der Waals surface area contributed by atoms with Crippen molar-refractivity contribution in [1.82, 2.24) is 4.90 Å². The zero-order valence-corrected chi connectivity index (χ0v) is 8.00. The Bertz CT molecular complexity index is 191. The van der Waals surface area contributed by atoms with E-state index in [-0.39, 0.29) is 6.04 Å². The number of hydrogen-bond donors (Lipinski definition) is 1. The standard InChI is InChI=1S/C9H17NO2/c1-9(8(11)12)6-4-5-7(9)10(2)3/h7H,4-6H2,1-3H3,(H,11,12). The lowest BCUT2D eigenvalue weighted by Crippen LogP contribution is -2.43. The fraction of sp³-hybridized carbons (Fsp3) is 0.889. The minimum absolute atomic E-state index is 0.204. The highest BCUT2D eigenvalue weighted by molar-refractivity contribution is 5.75. The summed E-state index contributed by atoms with van der Waals surface area (Å²) in [5.74, 6) is -0.654. The van der Waals surface area contributed by atoms with E-state index in [1.54, 1.807) is 0 Å². The molecule has 1 saturated carbocycles. The zero-order valence-electron chi connectivity index (χ0n) is 8.00. The predicted octanol–water partition coefficient (Wildman–Crippen LogP) is 1.19. The lowest BCUT2D eigenvalue weighted by molar-refractivity contribution is -0.150. The molecule has 1 N–H and O–H groups in total. The molecule has 0 aromatic rings. The summed E-state index contributed by atoms with van der Waals surface area (Å²) in [5, 5.41) is 9.07. The van der Waals surface area contributed by atoms with Crippen LogP contribution in [-0.2, 0) is 4.79 Å². The highest BCUT2D eigenvalue weighted by Crippen LogP contribution is 2.40. The van der Waals surface area contributed by atoms with Crippen LogP contribution in [0.2, 0.25) is 0 Å². The third kappa shape index (κ3) is 1.33. The fourth-order valence-corrected chi connectivity index (χ4v) is 2.23. The van der Waals surface area contributed by atoms with E-state index in [0.29, 0.717) is 0 Å². The van der Waals surface area contributed by atoms with Gasteiger partial charge >= 0.3 is 5.97 Å². The molecule has 0 radical (unpaired) electrons. The van der Waals surface area contributed by atoms with Crippen molar-refractivity contribution in [2.75, 3.05) is 14.1 Å². The molecule has 0 bridgehead atoms. The normalized spacial score (nSPS) is 35.8. The Kier molecular flexibility index (Phi) is 2.42. The smallest absolute Gasteiger partial charge is 0.310 e. The lowest BCUT2D eigenvalue weighted by Gasteiger charge is -2.31. The first kappa shape index (κ1) is 9.52. The lowest BCUT2D eigenvalue weighted by atomic mass is 9.84. The zero-order chi connectivity index (χ0) is 9.35. The van der Waals surface area contributed by atoms with Crippen molar-refractivity contribution < 1.29 is 9.90 Å². The maximum Gasteiger partial charge on any atom is 0.310 e. The third-order valence-corrected chi connectivity index (χ3v) is 3.02. The van der Waals surface area contributed by atoms with E-state index in [2.05, 4.69) is 0 Å². The van der Waals surface area contributed by atoms with Gasteiger partial charge in [-0.2, -0.15) is 0 Å². The summed E-state index contributed by atoms with van der Waals surface area (Å²) in [6.07, 6.45) is 2.85. The van der Waals surface area contributed by atoms with Gasteiger partial charge < -0.3 is 10.0 Å². The average molecular weight is 171 g/mol. The maximum atomic E-state index is 11.0. The van der Waals surface area contributed by atoms with Crippen LogP contribution in [0.3, 0.4) is 0 Å². The first-order valence-electron chi connectivity index (χ1n) is 4.38. The van der Waals surface area contributed by atoms with Crippen molar-refractivity contribution >= 4 is 5.97 Å². The van der Waals surface area contributed by atoms with Crippen molar-refractivity contribution in [2.45, 2.75) is 32.2 Å². The van der Waals surface area contributed by atoms with Crippen molar-refractivity contribution in [2.24, 2.45) is 5.41 Å². The molecule has 1 fully saturated rings. The van der Waals surface area contributed by atoms with Crippen LogP contribution in [0.4, 0.5) is 0 Å². The maximum absolute atomic E-state index is 11.0. The van der Waals surface area contributed by atoms with E-state index < -0.39 is 11.4 Å². The van der Waals surface area contributed by atoms with E-state index in [1.807, 2.05) is 25.9 Å². The van der Waals surface area contributed by atoms with Crippen molar-refractivity contribution in [3.8, 4) is 0 Å². The number of carbonyl (C=O) groups is 1. The van der Waals surface area contributed by atoms with E-state index >= 15 is 0 Å². The summed E-state index contributed by atoms with van der Waals surface area (Å²) in [5.41, 5.74) is -0.524. The van der Waals surface area contributed by atoms with Crippen molar-refractivity contribution in [1.29, 1.82) is 0 Å². The summed E-state index contributed by atoms with van der Waals surface area (Å²) in [6, 6.07) is 0.204. The summed E-state index contributed by atoms with van der Waals surface area (Å²) >= 11 is 0. The third-order valence-electron chi connectivity index (χ3n) is 3.02. The number of hydrogen-bond acceptors (Lipinski definition) is 2. The molecule has 1 rings (SSSR count). The molecule has 3 nitrogen and oxygen atoms in total. The molecule has 0 heterocycles. The molecule has 0 aliphatic heterocycles. The number of nitrogens with zero attached hydrogens (tertiary/aromatic N) is 1. The first-order chi connectivity index (χ1) is 5.48. The number of rotatable bonds is 2. The van der Waals surface area contributed by atoms with Crippen LogP contribution in [0.5, 0.6) is 0 Å². The Morgan fingerprint density at radius 2 is 2.17 bits per heavy atom. The van der Waals surface area contributed by atoms with Gasteiger partial charge in [-0.15, -0.1) is 0 Å². The van der Waals surface area contributed by atoms with Crippen LogP contribution in [0.25, 0.3) is 0 Å². The van der Waals surface area contributed by atoms with Crippen molar-refractivity contribution in [3.05, 3.63) is 0 Å². The van der Waals surface area contributed by atoms with Gasteiger partial charge in [0.15, 0.2) is 0 Å². The first-order valence-corrected chi connectivity index (χ1v) is 4.38. The van der Waals surface area contributed by atoms with E-state index in [4.69, 9.17) is 5.11 Å². The fourth-order valence-electron chi connectivity index (χ4n) is 2.23. The second-order valence-electron chi connectivity index (χ2n) is 4.09. The summed E-state index contributed by atoms with van der Waals surface area (Å²) in [6.45, 7) is 1.85. The Labute approximate surface area is 73.4 Å². The topological polar surface area (TPSA) is 40.5 Å². The summed E-state index contributed by atoms with van der Waals surface area (Å²) < 4.78 is 0. The summed E-state index contributed by atoms with van der Waals surface area (Å²) in [7, 11) is 3.91. The largest absolute Gasteiger partial charge is 0.481 e. The molecule has 0 aromatic carbocycles. The quantitative estimate of drug-likeness (QED) is 0.678. The predicted molar refractivity (Wildman–Crippen MR) is 47.1 cm³/mol. The molecule has 2 atom stereocenters. The highest BCUT2D eigenvalue weighted by Gasteiger charge is 2.45.